The Morgan fingerprint density at radius 2 is 0.900 bits per heavy atom. The Morgan fingerprint density at radius 1 is 0.700 bits per heavy atom. The average molecular weight is 214 g/mol. The molecule has 4 unspecified atom stereocenters. The maximum Gasteiger partial charge on any atom is 0.203 e. The number of hydrogen-bond acceptors (Lipinski definition) is 4. The van der Waals surface area contributed by atoms with Gasteiger partial charge in [-0.05, 0) is 13.1 Å². The largest absolute Gasteiger partial charge is 0.436 e. The van der Waals surface area contributed by atoms with Crippen molar-refractivity contribution in [1.29, 1.82) is 0 Å². The van der Waals surface area contributed by atoms with E-state index in [1.807, 2.05) is 0 Å². The summed E-state index contributed by atoms with van der Waals surface area (Å²) in [6.07, 6.45) is 0. The zero-order valence-corrected chi connectivity index (χ0v) is 10.7. The van der Waals surface area contributed by atoms with Crippen molar-refractivity contribution in [3.63, 3.8) is 0 Å². The summed E-state index contributed by atoms with van der Waals surface area (Å²) in [7, 11) is -8.45. The van der Waals surface area contributed by atoms with Crippen molar-refractivity contribution in [1.82, 2.24) is 0 Å². The average Bonchev–Trinajstić information content (AvgIpc) is 1.84. The second kappa shape index (κ2) is 4.56. The molecule has 8 heteroatoms. The van der Waals surface area contributed by atoms with Crippen molar-refractivity contribution in [3.05, 3.63) is 0 Å². The van der Waals surface area contributed by atoms with Crippen molar-refractivity contribution in [2.24, 2.45) is 0 Å². The highest BCUT2D eigenvalue weighted by molar-refractivity contribution is 7.58. The van der Waals surface area contributed by atoms with Crippen LogP contribution in [-0.4, -0.2) is 52.4 Å². The van der Waals surface area contributed by atoms with Gasteiger partial charge in [-0.15, -0.1) is 0 Å². The minimum Gasteiger partial charge on any atom is -0.436 e. The van der Waals surface area contributed by atoms with Crippen LogP contribution < -0.4 is 0 Å². The van der Waals surface area contributed by atoms with E-state index in [1.165, 1.54) is 0 Å². The topological polar surface area (TPSA) is 80.9 Å². The minimum absolute atomic E-state index is 1.60. The molecule has 0 fully saturated rings. The van der Waals surface area contributed by atoms with Gasteiger partial charge in [-0.25, -0.2) is 0 Å². The van der Waals surface area contributed by atoms with E-state index < -0.39 is 33.3 Å². The number of rotatable bonds is 3. The van der Waals surface area contributed by atoms with Crippen LogP contribution in [0.25, 0.3) is 0 Å². The maximum atomic E-state index is 9.20. The molecule has 62 valence electrons. The fourth-order valence-corrected chi connectivity index (χ4v) is 32.8. The van der Waals surface area contributed by atoms with Crippen LogP contribution in [0.1, 0.15) is 0 Å². The molecular weight excluding hydrogens is 200 g/mol. The van der Waals surface area contributed by atoms with Gasteiger partial charge in [-0.3, -0.25) is 0 Å². The summed E-state index contributed by atoms with van der Waals surface area (Å²) in [6, 6.07) is 0. The molecule has 4 N–H and O–H groups in total. The third-order valence-electron chi connectivity index (χ3n) is 1.34. The lowest BCUT2D eigenvalue weighted by atomic mass is 11.9. The van der Waals surface area contributed by atoms with Crippen molar-refractivity contribution >= 4 is 33.3 Å². The Kier molecular flexibility index (Phi) is 4.88. The van der Waals surface area contributed by atoms with Crippen LogP contribution in [0.3, 0.4) is 0 Å². The molecule has 0 aliphatic carbocycles. The molecule has 10 heavy (non-hydrogen) atoms. The van der Waals surface area contributed by atoms with Crippen LogP contribution in [0, 0.1) is 0 Å². The smallest absolute Gasteiger partial charge is 0.203 e. The van der Waals surface area contributed by atoms with Crippen molar-refractivity contribution < 1.29 is 19.2 Å². The summed E-state index contributed by atoms with van der Waals surface area (Å²) in [5.41, 5.74) is 0. The van der Waals surface area contributed by atoms with Gasteiger partial charge in [0.2, 0.25) is 16.2 Å². The lowest BCUT2D eigenvalue weighted by Gasteiger charge is -2.16. The zero-order chi connectivity index (χ0) is 8.31. The van der Waals surface area contributed by atoms with Crippen LogP contribution in [0.4, 0.5) is 0 Å². The zero-order valence-electron chi connectivity index (χ0n) is 6.10. The first kappa shape index (κ1) is 10.7. The summed E-state index contributed by atoms with van der Waals surface area (Å²) in [5, 5.41) is 0. The molecule has 0 rings (SSSR count). The van der Waals surface area contributed by atoms with Crippen LogP contribution >= 0.6 is 0 Å². The Morgan fingerprint density at radius 3 is 1.00 bits per heavy atom. The van der Waals surface area contributed by atoms with E-state index in [0.717, 1.165) is 0 Å². The van der Waals surface area contributed by atoms with E-state index in [4.69, 9.17) is 9.59 Å². The van der Waals surface area contributed by atoms with Gasteiger partial charge in [0.15, 0.2) is 17.1 Å². The molecule has 0 spiro atoms. The normalized spacial score (nSPS) is 23.4. The third kappa shape index (κ3) is 3.20. The summed E-state index contributed by atoms with van der Waals surface area (Å²) >= 11 is 0. The predicted octanol–water partition coefficient (Wildman–Crippen LogP) is -3.65. The van der Waals surface area contributed by atoms with E-state index in [0.29, 0.717) is 0 Å². The quantitative estimate of drug-likeness (QED) is 0.365. The van der Waals surface area contributed by atoms with Gasteiger partial charge in [-0.1, -0.05) is 0 Å². The predicted molar refractivity (Wildman–Crippen MR) is 49.2 cm³/mol. The Hall–Kier alpha value is 0.708. The molecular formula is C2H14O4Si4. The molecule has 4 atom stereocenters. The van der Waals surface area contributed by atoms with E-state index in [1.54, 1.807) is 13.1 Å². The van der Waals surface area contributed by atoms with Crippen molar-refractivity contribution in [2.75, 3.05) is 0 Å². The van der Waals surface area contributed by atoms with Gasteiger partial charge in [0.1, 0.15) is 0 Å². The highest BCUT2D eigenvalue weighted by Crippen LogP contribution is 1.90. The minimum atomic E-state index is -2.23. The standard InChI is InChI=1S/C2H14O4Si4/c1-7(3)9(5)10(6)8(2)4/h3-10H,1-2H3. The Bertz CT molecular complexity index is 85.3. The SMILES string of the molecule is C[SiH](O)[SiH](O)[SiH](O)[SiH](C)O. The Labute approximate surface area is 66.1 Å². The molecule has 0 aromatic carbocycles. The first-order valence-electron chi connectivity index (χ1n) is 3.19. The second-order valence-electron chi connectivity index (χ2n) is 2.46. The van der Waals surface area contributed by atoms with Crippen LogP contribution in [0.15, 0.2) is 0 Å². The lowest BCUT2D eigenvalue weighted by Crippen LogP contribution is -2.55. The van der Waals surface area contributed by atoms with Crippen LogP contribution in [-0.2, 0) is 0 Å². The molecule has 0 heterocycles. The summed E-state index contributed by atoms with van der Waals surface area (Å²) in [4.78, 5) is 36.4. The Balaban J connectivity index is 3.81. The van der Waals surface area contributed by atoms with Gasteiger partial charge < -0.3 is 19.2 Å². The summed E-state index contributed by atoms with van der Waals surface area (Å²) in [5.74, 6) is 0. The number of hydrogen-bond donors (Lipinski definition) is 4. The molecule has 4 nitrogen and oxygen atoms in total. The molecule has 0 aliphatic heterocycles. The molecule has 0 saturated carbocycles. The summed E-state index contributed by atoms with van der Waals surface area (Å²) < 4.78 is 0. The fourth-order valence-electron chi connectivity index (χ4n) is 0.571. The van der Waals surface area contributed by atoms with E-state index >= 15 is 0 Å². The van der Waals surface area contributed by atoms with Gasteiger partial charge >= 0.3 is 0 Å². The fraction of sp³-hybridized carbons (Fsp3) is 1.00. The van der Waals surface area contributed by atoms with Gasteiger partial charge in [0.05, 0.1) is 0 Å². The molecule has 0 bridgehead atoms. The molecule has 0 aromatic rings. The molecule has 0 saturated heterocycles. The monoisotopic (exact) mass is 214 g/mol. The second-order valence-corrected chi connectivity index (χ2v) is 26.0. The van der Waals surface area contributed by atoms with Crippen molar-refractivity contribution in [2.45, 2.75) is 13.1 Å². The van der Waals surface area contributed by atoms with Gasteiger partial charge in [0.25, 0.3) is 0 Å². The first-order chi connectivity index (χ1) is 4.46. The summed E-state index contributed by atoms with van der Waals surface area (Å²) in [6.45, 7) is 3.20. The lowest BCUT2D eigenvalue weighted by molar-refractivity contribution is 0.534. The van der Waals surface area contributed by atoms with Crippen LogP contribution in [0.5, 0.6) is 0 Å². The maximum absolute atomic E-state index is 9.20. The van der Waals surface area contributed by atoms with E-state index in [-0.39, 0.29) is 0 Å². The first-order valence-corrected chi connectivity index (χ1v) is 15.6. The van der Waals surface area contributed by atoms with Crippen LogP contribution in [0.2, 0.25) is 13.1 Å². The van der Waals surface area contributed by atoms with Crippen molar-refractivity contribution in [3.8, 4) is 0 Å². The molecule has 0 amide bonds. The third-order valence-corrected chi connectivity index (χ3v) is 33.2. The van der Waals surface area contributed by atoms with Gasteiger partial charge in [-0.2, -0.15) is 0 Å². The van der Waals surface area contributed by atoms with E-state index in [9.17, 15) is 9.59 Å². The van der Waals surface area contributed by atoms with E-state index in [2.05, 4.69) is 0 Å². The molecule has 0 radical (unpaired) electrons. The molecule has 0 aromatic heterocycles. The van der Waals surface area contributed by atoms with Gasteiger partial charge in [0, 0.05) is 0 Å². The highest BCUT2D eigenvalue weighted by Gasteiger charge is 2.32. The highest BCUT2D eigenvalue weighted by atomic mass is 29.8. The molecule has 0 aliphatic rings.